The molecule has 82 valence electrons. The van der Waals surface area contributed by atoms with Crippen LogP contribution < -0.4 is 4.74 Å². The Morgan fingerprint density at radius 1 is 1.47 bits per heavy atom. The molecule has 2 nitrogen and oxygen atoms in total. The van der Waals surface area contributed by atoms with Crippen molar-refractivity contribution in [2.24, 2.45) is 0 Å². The molecule has 0 aromatic heterocycles. The topological polar surface area (TPSA) is 26.3 Å². The van der Waals surface area contributed by atoms with E-state index in [1.165, 1.54) is 0 Å². The Kier molecular flexibility index (Phi) is 4.92. The first kappa shape index (κ1) is 12.3. The van der Waals surface area contributed by atoms with Gasteiger partial charge in [-0.3, -0.25) is 4.79 Å². The maximum Gasteiger partial charge on any atom is 0.221 e. The summed E-state index contributed by atoms with van der Waals surface area (Å²) in [5.41, 5.74) is 0.986. The molecule has 0 amide bonds. The molecule has 0 radical (unpaired) electrons. The minimum atomic E-state index is -0.327. The van der Waals surface area contributed by atoms with Crippen LogP contribution in [0.4, 0.5) is 0 Å². The van der Waals surface area contributed by atoms with Crippen molar-refractivity contribution >= 4 is 28.4 Å². The molecule has 0 atom stereocenters. The van der Waals surface area contributed by atoms with E-state index in [0.29, 0.717) is 24.5 Å². The first-order chi connectivity index (χ1) is 7.09. The fraction of sp³-hybridized carbons (Fsp3) is 0.364. The van der Waals surface area contributed by atoms with Gasteiger partial charge >= 0.3 is 0 Å². The molecule has 0 saturated carbocycles. The van der Waals surface area contributed by atoms with Crippen LogP contribution in [-0.4, -0.2) is 11.8 Å². The summed E-state index contributed by atoms with van der Waals surface area (Å²) in [4.78, 5) is 10.5. The van der Waals surface area contributed by atoms with Gasteiger partial charge in [-0.25, -0.2) is 0 Å². The monoisotopic (exact) mass is 246 g/mol. The Hall–Kier alpha value is -0.730. The fourth-order valence-electron chi connectivity index (χ4n) is 1.17. The number of aryl methyl sites for hydroxylation is 1. The molecule has 1 aromatic rings. The van der Waals surface area contributed by atoms with Crippen LogP contribution in [0.5, 0.6) is 5.75 Å². The van der Waals surface area contributed by atoms with Crippen LogP contribution in [0.15, 0.2) is 18.2 Å². The maximum absolute atomic E-state index is 10.5. The largest absolute Gasteiger partial charge is 0.493 e. The third-order valence-electron chi connectivity index (χ3n) is 1.91. The van der Waals surface area contributed by atoms with Gasteiger partial charge in [-0.1, -0.05) is 11.6 Å². The number of hydrogen-bond donors (Lipinski definition) is 0. The quantitative estimate of drug-likeness (QED) is 0.587. The second kappa shape index (κ2) is 5.99. The molecule has 15 heavy (non-hydrogen) atoms. The summed E-state index contributed by atoms with van der Waals surface area (Å²) in [5, 5.41) is 0.363. The number of carbonyl (C=O) groups excluding carboxylic acids is 1. The Morgan fingerprint density at radius 2 is 2.20 bits per heavy atom. The van der Waals surface area contributed by atoms with Crippen LogP contribution in [0.3, 0.4) is 0 Å². The van der Waals surface area contributed by atoms with Gasteiger partial charge in [-0.2, -0.15) is 0 Å². The van der Waals surface area contributed by atoms with E-state index >= 15 is 0 Å². The molecule has 0 bridgehead atoms. The molecule has 0 N–H and O–H groups in total. The predicted molar refractivity (Wildman–Crippen MR) is 61.8 cm³/mol. The van der Waals surface area contributed by atoms with Gasteiger partial charge in [0.05, 0.1) is 6.61 Å². The molecule has 1 rings (SSSR count). The lowest BCUT2D eigenvalue weighted by atomic mass is 10.2. The van der Waals surface area contributed by atoms with Gasteiger partial charge in [0.15, 0.2) is 0 Å². The Bertz CT molecular complexity index is 350. The number of hydrogen-bond acceptors (Lipinski definition) is 2. The van der Waals surface area contributed by atoms with Crippen molar-refractivity contribution in [3.63, 3.8) is 0 Å². The number of carbonyl (C=O) groups is 1. The number of benzene rings is 1. The molecule has 1 aromatic carbocycles. The number of halogens is 2. The summed E-state index contributed by atoms with van der Waals surface area (Å²) >= 11 is 11.0. The SMILES string of the molecule is Cc1cc(Cl)ccc1OCCCC(=O)Cl. The zero-order chi connectivity index (χ0) is 11.3. The minimum Gasteiger partial charge on any atom is -0.493 e. The number of ether oxygens (including phenoxy) is 1. The lowest BCUT2D eigenvalue weighted by Crippen LogP contribution is -2.00. The van der Waals surface area contributed by atoms with Crippen molar-refractivity contribution in [1.29, 1.82) is 0 Å². The van der Waals surface area contributed by atoms with Crippen molar-refractivity contribution in [3.8, 4) is 5.75 Å². The average Bonchev–Trinajstić information content (AvgIpc) is 2.14. The summed E-state index contributed by atoms with van der Waals surface area (Å²) < 4.78 is 5.47. The highest BCUT2D eigenvalue weighted by Crippen LogP contribution is 2.21. The summed E-state index contributed by atoms with van der Waals surface area (Å²) in [6.07, 6.45) is 0.971. The fourth-order valence-corrected chi connectivity index (χ4v) is 1.53. The van der Waals surface area contributed by atoms with Gasteiger partial charge in [0.2, 0.25) is 5.24 Å². The van der Waals surface area contributed by atoms with Crippen molar-refractivity contribution < 1.29 is 9.53 Å². The van der Waals surface area contributed by atoms with Gasteiger partial charge in [0, 0.05) is 11.4 Å². The van der Waals surface area contributed by atoms with Crippen molar-refractivity contribution in [3.05, 3.63) is 28.8 Å². The molecule has 0 unspecified atom stereocenters. The minimum absolute atomic E-state index is 0.327. The van der Waals surface area contributed by atoms with Crippen LogP contribution >= 0.6 is 23.2 Å². The van der Waals surface area contributed by atoms with Gasteiger partial charge in [0.1, 0.15) is 5.75 Å². The summed E-state index contributed by atoms with van der Waals surface area (Å²) in [5.74, 6) is 0.793. The Labute approximate surface area is 99.1 Å². The molecule has 0 fully saturated rings. The van der Waals surface area contributed by atoms with Crippen molar-refractivity contribution in [1.82, 2.24) is 0 Å². The lowest BCUT2D eigenvalue weighted by molar-refractivity contribution is -0.111. The Balaban J connectivity index is 2.40. The normalized spacial score (nSPS) is 10.1. The average molecular weight is 247 g/mol. The third kappa shape index (κ3) is 4.54. The van der Waals surface area contributed by atoms with E-state index < -0.39 is 0 Å². The van der Waals surface area contributed by atoms with Crippen molar-refractivity contribution in [2.75, 3.05) is 6.61 Å². The summed E-state index contributed by atoms with van der Waals surface area (Å²) in [7, 11) is 0. The molecule has 0 spiro atoms. The van der Waals surface area contributed by atoms with E-state index in [0.717, 1.165) is 11.3 Å². The van der Waals surface area contributed by atoms with Crippen LogP contribution in [0, 0.1) is 6.92 Å². The molecule has 0 aliphatic carbocycles. The molecule has 0 saturated heterocycles. The summed E-state index contributed by atoms with van der Waals surface area (Å²) in [6.45, 7) is 2.41. The van der Waals surface area contributed by atoms with Crippen molar-refractivity contribution in [2.45, 2.75) is 19.8 Å². The van der Waals surface area contributed by atoms with Crippen LogP contribution in [0.1, 0.15) is 18.4 Å². The standard InChI is InChI=1S/C11H12Cl2O2/c1-8-7-9(12)4-5-10(8)15-6-2-3-11(13)14/h4-5,7H,2-3,6H2,1H3. The molecule has 0 aliphatic rings. The Morgan fingerprint density at radius 3 is 2.80 bits per heavy atom. The zero-order valence-corrected chi connectivity index (χ0v) is 9.94. The smallest absolute Gasteiger partial charge is 0.221 e. The second-order valence-electron chi connectivity index (χ2n) is 3.22. The highest BCUT2D eigenvalue weighted by Gasteiger charge is 2.01. The first-order valence-corrected chi connectivity index (χ1v) is 5.42. The van der Waals surface area contributed by atoms with E-state index in [2.05, 4.69) is 0 Å². The molecule has 4 heteroatoms. The van der Waals surface area contributed by atoms with Crippen LogP contribution in [0.2, 0.25) is 5.02 Å². The third-order valence-corrected chi connectivity index (χ3v) is 2.34. The highest BCUT2D eigenvalue weighted by atomic mass is 35.5. The predicted octanol–water partition coefficient (Wildman–Crippen LogP) is 3.57. The van der Waals surface area contributed by atoms with Gasteiger partial charge in [-0.15, -0.1) is 0 Å². The van der Waals surface area contributed by atoms with E-state index in [9.17, 15) is 4.79 Å². The van der Waals surface area contributed by atoms with E-state index in [1.807, 2.05) is 19.1 Å². The zero-order valence-electron chi connectivity index (χ0n) is 8.43. The second-order valence-corrected chi connectivity index (χ2v) is 4.07. The van der Waals surface area contributed by atoms with E-state index in [4.69, 9.17) is 27.9 Å². The highest BCUT2D eigenvalue weighted by molar-refractivity contribution is 6.63. The maximum atomic E-state index is 10.5. The molecular formula is C11H12Cl2O2. The van der Waals surface area contributed by atoms with E-state index in [-0.39, 0.29) is 5.24 Å². The molecular weight excluding hydrogens is 235 g/mol. The lowest BCUT2D eigenvalue weighted by Gasteiger charge is -2.08. The van der Waals surface area contributed by atoms with Gasteiger partial charge in [-0.05, 0) is 48.7 Å². The molecule has 0 heterocycles. The van der Waals surface area contributed by atoms with Gasteiger partial charge < -0.3 is 4.74 Å². The van der Waals surface area contributed by atoms with Crippen LogP contribution in [-0.2, 0) is 4.79 Å². The number of rotatable bonds is 5. The van der Waals surface area contributed by atoms with E-state index in [1.54, 1.807) is 6.07 Å². The molecule has 0 aliphatic heterocycles. The summed E-state index contributed by atoms with van der Waals surface area (Å²) in [6, 6.07) is 5.43. The van der Waals surface area contributed by atoms with Gasteiger partial charge in [0.25, 0.3) is 0 Å². The van der Waals surface area contributed by atoms with Crippen LogP contribution in [0.25, 0.3) is 0 Å². The first-order valence-electron chi connectivity index (χ1n) is 4.67.